The van der Waals surface area contributed by atoms with Crippen LogP contribution in [0.2, 0.25) is 0 Å². The Morgan fingerprint density at radius 1 is 0.857 bits per heavy atom. The van der Waals surface area contributed by atoms with E-state index < -0.39 is 5.60 Å². The van der Waals surface area contributed by atoms with Crippen LogP contribution in [0.4, 0.5) is 0 Å². The van der Waals surface area contributed by atoms with Gasteiger partial charge in [-0.05, 0) is 71.1 Å². The molecule has 0 spiro atoms. The average Bonchev–Trinajstić information content (AvgIpc) is 2.36. The van der Waals surface area contributed by atoms with Crippen LogP contribution in [0, 0.1) is 5.41 Å². The van der Waals surface area contributed by atoms with E-state index in [0.29, 0.717) is 0 Å². The highest BCUT2D eigenvalue weighted by Crippen LogP contribution is 2.28. The normalized spacial score (nSPS) is 35.5. The fourth-order valence-corrected chi connectivity index (χ4v) is 2.76. The van der Waals surface area contributed by atoms with Crippen molar-refractivity contribution in [3.63, 3.8) is 0 Å². The van der Waals surface area contributed by atoms with E-state index in [1.165, 1.54) is 30.4 Å². The van der Waals surface area contributed by atoms with E-state index >= 15 is 0 Å². The number of hydrogen-bond acceptors (Lipinski definition) is 1. The van der Waals surface area contributed by atoms with E-state index in [2.05, 4.69) is 45.9 Å². The van der Waals surface area contributed by atoms with Gasteiger partial charge in [-0.1, -0.05) is 49.3 Å². The topological polar surface area (TPSA) is 20.2 Å². The predicted octanol–water partition coefficient (Wildman–Crippen LogP) is 5.96. The molecule has 0 aromatic heterocycles. The second-order valence-corrected chi connectivity index (χ2v) is 7.71. The van der Waals surface area contributed by atoms with E-state index in [-0.39, 0.29) is 5.41 Å². The minimum atomic E-state index is -0.692. The van der Waals surface area contributed by atoms with Gasteiger partial charge in [0.05, 0.1) is 5.60 Å². The fraction of sp³-hybridized carbons (Fsp3) is 0.700. The predicted molar refractivity (Wildman–Crippen MR) is 93.4 cm³/mol. The average molecular weight is 290 g/mol. The van der Waals surface area contributed by atoms with Crippen LogP contribution in [-0.2, 0) is 0 Å². The van der Waals surface area contributed by atoms with E-state index in [4.69, 9.17) is 0 Å². The highest BCUT2D eigenvalue weighted by molar-refractivity contribution is 5.08. The highest BCUT2D eigenvalue weighted by Gasteiger charge is 2.19. The maximum atomic E-state index is 10.5. The molecule has 0 saturated heterocycles. The van der Waals surface area contributed by atoms with Crippen molar-refractivity contribution >= 4 is 0 Å². The lowest BCUT2D eigenvalue weighted by molar-refractivity contribution is 0.102. The first-order valence-corrected chi connectivity index (χ1v) is 8.44. The van der Waals surface area contributed by atoms with Crippen LogP contribution in [0.15, 0.2) is 35.5 Å². The molecule has 1 heteroatoms. The summed E-state index contributed by atoms with van der Waals surface area (Å²) in [6.07, 6.45) is 16.5. The Morgan fingerprint density at radius 3 is 2.19 bits per heavy atom. The Balaban J connectivity index is 2.82. The van der Waals surface area contributed by atoms with Gasteiger partial charge >= 0.3 is 0 Å². The van der Waals surface area contributed by atoms with Crippen molar-refractivity contribution in [1.82, 2.24) is 0 Å². The van der Waals surface area contributed by atoms with Crippen LogP contribution in [-0.4, -0.2) is 10.7 Å². The molecular formula is C20H34O. The molecule has 0 bridgehead atoms. The van der Waals surface area contributed by atoms with Gasteiger partial charge in [0, 0.05) is 0 Å². The Bertz CT molecular complexity index is 408. The first-order chi connectivity index (χ1) is 9.70. The third-order valence-corrected chi connectivity index (χ3v) is 4.46. The first kappa shape index (κ1) is 18.2. The Labute approximate surface area is 131 Å². The third-order valence-electron chi connectivity index (χ3n) is 4.46. The lowest BCUT2D eigenvalue weighted by Crippen LogP contribution is -2.21. The van der Waals surface area contributed by atoms with Gasteiger partial charge in [-0.25, -0.2) is 0 Å². The molecule has 1 aliphatic carbocycles. The minimum absolute atomic E-state index is 0.163. The summed E-state index contributed by atoms with van der Waals surface area (Å²) < 4.78 is 0. The molecule has 1 nitrogen and oxygen atoms in total. The second kappa shape index (κ2) is 7.98. The first-order valence-electron chi connectivity index (χ1n) is 8.44. The van der Waals surface area contributed by atoms with Crippen LogP contribution in [0.5, 0.6) is 0 Å². The molecule has 120 valence electrons. The van der Waals surface area contributed by atoms with E-state index in [1.807, 2.05) is 13.0 Å². The Kier molecular flexibility index (Phi) is 6.93. The quantitative estimate of drug-likeness (QED) is 0.546. The second-order valence-electron chi connectivity index (χ2n) is 7.71. The molecule has 0 saturated carbocycles. The smallest absolute Gasteiger partial charge is 0.0802 e. The summed E-state index contributed by atoms with van der Waals surface area (Å²) in [6, 6.07) is 0. The van der Waals surface area contributed by atoms with E-state index in [1.54, 1.807) is 0 Å². The lowest BCUT2D eigenvalue weighted by Gasteiger charge is -2.24. The molecule has 0 aliphatic heterocycles. The molecule has 1 aliphatic rings. The van der Waals surface area contributed by atoms with Crippen molar-refractivity contribution < 1.29 is 5.11 Å². The zero-order valence-electron chi connectivity index (χ0n) is 14.7. The van der Waals surface area contributed by atoms with Gasteiger partial charge in [0.1, 0.15) is 0 Å². The van der Waals surface area contributed by atoms with E-state index in [9.17, 15) is 5.11 Å². The summed E-state index contributed by atoms with van der Waals surface area (Å²) in [5.74, 6) is 0. The largest absolute Gasteiger partial charge is 0.386 e. The molecule has 0 amide bonds. The summed E-state index contributed by atoms with van der Waals surface area (Å²) in [5.41, 5.74) is 2.43. The number of rotatable bonds is 0. The van der Waals surface area contributed by atoms with Crippen molar-refractivity contribution in [2.75, 3.05) is 0 Å². The summed E-state index contributed by atoms with van der Waals surface area (Å²) in [7, 11) is 0. The monoisotopic (exact) mass is 290 g/mol. The molecule has 0 aromatic carbocycles. The van der Waals surface area contributed by atoms with Gasteiger partial charge in [-0.2, -0.15) is 0 Å². The van der Waals surface area contributed by atoms with Crippen LogP contribution < -0.4 is 0 Å². The third kappa shape index (κ3) is 8.26. The van der Waals surface area contributed by atoms with Crippen LogP contribution >= 0.6 is 0 Å². The number of aliphatic hydroxyl groups is 1. The zero-order valence-corrected chi connectivity index (χ0v) is 14.7. The summed E-state index contributed by atoms with van der Waals surface area (Å²) >= 11 is 0. The summed E-state index contributed by atoms with van der Waals surface area (Å²) in [4.78, 5) is 0. The van der Waals surface area contributed by atoms with E-state index in [0.717, 1.165) is 25.7 Å². The number of allylic oxidation sites excluding steroid dienone is 5. The number of hydrogen-bond donors (Lipinski definition) is 1. The fourth-order valence-electron chi connectivity index (χ4n) is 2.76. The Hall–Kier alpha value is -0.820. The molecule has 0 heterocycles. The van der Waals surface area contributed by atoms with Crippen molar-refractivity contribution in [3.05, 3.63) is 35.5 Å². The summed E-state index contributed by atoms with van der Waals surface area (Å²) in [5, 5.41) is 10.5. The van der Waals surface area contributed by atoms with Crippen LogP contribution in [0.25, 0.3) is 0 Å². The molecule has 0 fully saturated rings. The van der Waals surface area contributed by atoms with Crippen LogP contribution in [0.1, 0.15) is 79.6 Å². The van der Waals surface area contributed by atoms with Crippen molar-refractivity contribution in [3.8, 4) is 0 Å². The van der Waals surface area contributed by atoms with Crippen molar-refractivity contribution in [2.24, 2.45) is 5.41 Å². The summed E-state index contributed by atoms with van der Waals surface area (Å²) in [6.45, 7) is 10.9. The zero-order chi connectivity index (χ0) is 15.9. The van der Waals surface area contributed by atoms with Gasteiger partial charge in [0.15, 0.2) is 0 Å². The molecule has 1 atom stereocenters. The van der Waals surface area contributed by atoms with Gasteiger partial charge in [-0.15, -0.1) is 0 Å². The molecule has 0 radical (unpaired) electrons. The van der Waals surface area contributed by atoms with Gasteiger partial charge < -0.3 is 5.11 Å². The van der Waals surface area contributed by atoms with Crippen LogP contribution in [0.3, 0.4) is 0 Å². The van der Waals surface area contributed by atoms with Gasteiger partial charge in [0.2, 0.25) is 0 Å². The van der Waals surface area contributed by atoms with Crippen molar-refractivity contribution in [1.29, 1.82) is 0 Å². The minimum Gasteiger partial charge on any atom is -0.386 e. The molecule has 0 unspecified atom stereocenters. The molecule has 21 heavy (non-hydrogen) atoms. The standard InChI is InChI=1S/C20H34O/c1-17-9-6-10-18(2)12-8-14-20(5,21)16-15-19(3,4)13-7-11-17/h9,12,15-16,21H,6-8,10-11,13-14H2,1-5H3/b16-15+,17-9+,18-12+/t20-/m0/s1. The van der Waals surface area contributed by atoms with Gasteiger partial charge in [-0.3, -0.25) is 0 Å². The van der Waals surface area contributed by atoms with Gasteiger partial charge in [0.25, 0.3) is 0 Å². The molecule has 0 aromatic rings. The SMILES string of the molecule is C/C1=C\CC[C@](C)(O)/C=C/C(C)(C)CCC/C(C)=C/CC1. The lowest BCUT2D eigenvalue weighted by atomic mass is 9.84. The maximum Gasteiger partial charge on any atom is 0.0802 e. The van der Waals surface area contributed by atoms with Crippen molar-refractivity contribution in [2.45, 2.75) is 85.2 Å². The molecular weight excluding hydrogens is 256 g/mol. The maximum absolute atomic E-state index is 10.5. The highest BCUT2D eigenvalue weighted by atomic mass is 16.3. The molecule has 1 rings (SSSR count). The Morgan fingerprint density at radius 2 is 1.48 bits per heavy atom. The molecule has 1 N–H and O–H groups in total.